The Morgan fingerprint density at radius 2 is 2.00 bits per heavy atom. The van der Waals surface area contributed by atoms with Crippen molar-refractivity contribution in [2.75, 3.05) is 0 Å². The molecule has 0 aliphatic rings. The number of nitrogens with one attached hydrogen (secondary N) is 1. The highest BCUT2D eigenvalue weighted by Gasteiger charge is 2.15. The van der Waals surface area contributed by atoms with Gasteiger partial charge in [-0.2, -0.15) is 0 Å². The van der Waals surface area contributed by atoms with Gasteiger partial charge >= 0.3 is 0 Å². The highest BCUT2D eigenvalue weighted by molar-refractivity contribution is 5.94. The Hall–Kier alpha value is -2.30. The third-order valence-electron chi connectivity index (χ3n) is 3.06. The highest BCUT2D eigenvalue weighted by atomic mass is 19.1. The quantitative estimate of drug-likeness (QED) is 0.935. The second-order valence-corrected chi connectivity index (χ2v) is 4.56. The van der Waals surface area contributed by atoms with Crippen LogP contribution in [-0.4, -0.2) is 10.9 Å². The third kappa shape index (κ3) is 2.99. The van der Waals surface area contributed by atoms with Gasteiger partial charge in [-0.1, -0.05) is 12.1 Å². The first-order valence-electron chi connectivity index (χ1n) is 6.15. The van der Waals surface area contributed by atoms with Crippen molar-refractivity contribution in [3.63, 3.8) is 0 Å². The van der Waals surface area contributed by atoms with Crippen LogP contribution in [0.2, 0.25) is 0 Å². The molecule has 0 spiro atoms. The molecule has 5 heteroatoms. The van der Waals surface area contributed by atoms with Crippen LogP contribution in [0.4, 0.5) is 8.78 Å². The van der Waals surface area contributed by atoms with Crippen LogP contribution in [0.15, 0.2) is 36.7 Å². The summed E-state index contributed by atoms with van der Waals surface area (Å²) in [5, 5.41) is 2.63. The molecule has 0 bridgehead atoms. The van der Waals surface area contributed by atoms with E-state index in [0.29, 0.717) is 11.1 Å². The van der Waals surface area contributed by atoms with Gasteiger partial charge in [0.2, 0.25) is 0 Å². The molecular formula is C15H14F2N2O. The number of hydrogen-bond acceptors (Lipinski definition) is 2. The number of nitrogens with zero attached hydrogens (tertiary/aromatic N) is 1. The number of amides is 1. The average molecular weight is 276 g/mol. The van der Waals surface area contributed by atoms with Gasteiger partial charge < -0.3 is 5.32 Å². The van der Waals surface area contributed by atoms with E-state index in [1.165, 1.54) is 18.3 Å². The fourth-order valence-electron chi connectivity index (χ4n) is 1.80. The van der Waals surface area contributed by atoms with E-state index in [1.54, 1.807) is 26.0 Å². The minimum Gasteiger partial charge on any atom is -0.345 e. The number of pyridine rings is 1. The molecule has 2 aromatic rings. The van der Waals surface area contributed by atoms with E-state index in [4.69, 9.17) is 0 Å². The van der Waals surface area contributed by atoms with Crippen LogP contribution in [-0.2, 0) is 0 Å². The van der Waals surface area contributed by atoms with Gasteiger partial charge in [-0.15, -0.1) is 0 Å². The number of rotatable bonds is 3. The molecule has 3 nitrogen and oxygen atoms in total. The maximum atomic E-state index is 13.5. The lowest BCUT2D eigenvalue weighted by atomic mass is 10.1. The lowest BCUT2D eigenvalue weighted by Gasteiger charge is -2.15. The van der Waals surface area contributed by atoms with Gasteiger partial charge in [0.15, 0.2) is 5.82 Å². The minimum atomic E-state index is -0.688. The first-order chi connectivity index (χ1) is 9.49. The van der Waals surface area contributed by atoms with Crippen molar-refractivity contribution >= 4 is 5.91 Å². The molecule has 0 aliphatic carbocycles. The largest absolute Gasteiger partial charge is 0.345 e. The van der Waals surface area contributed by atoms with Gasteiger partial charge in [0.05, 0.1) is 17.8 Å². The predicted molar refractivity (Wildman–Crippen MR) is 71.2 cm³/mol. The van der Waals surface area contributed by atoms with Crippen LogP contribution in [0.3, 0.4) is 0 Å². The molecule has 0 fully saturated rings. The zero-order valence-electron chi connectivity index (χ0n) is 11.2. The van der Waals surface area contributed by atoms with E-state index in [0.717, 1.165) is 6.20 Å². The number of halogens is 2. The molecule has 1 N–H and O–H groups in total. The van der Waals surface area contributed by atoms with Crippen LogP contribution < -0.4 is 5.32 Å². The van der Waals surface area contributed by atoms with Crippen molar-refractivity contribution in [2.24, 2.45) is 0 Å². The van der Waals surface area contributed by atoms with Gasteiger partial charge in [-0.3, -0.25) is 9.78 Å². The number of benzene rings is 1. The van der Waals surface area contributed by atoms with E-state index < -0.39 is 17.8 Å². The summed E-state index contributed by atoms with van der Waals surface area (Å²) in [4.78, 5) is 15.5. The number of carbonyl (C=O) groups excluding carboxylic acids is 1. The molecule has 0 aliphatic heterocycles. The van der Waals surface area contributed by atoms with Crippen molar-refractivity contribution in [1.82, 2.24) is 10.3 Å². The van der Waals surface area contributed by atoms with E-state index in [2.05, 4.69) is 10.3 Å². The summed E-state index contributed by atoms with van der Waals surface area (Å²) >= 11 is 0. The number of aromatic nitrogens is 1. The Kier molecular flexibility index (Phi) is 4.08. The Bertz CT molecular complexity index is 644. The lowest BCUT2D eigenvalue weighted by molar-refractivity contribution is 0.0935. The summed E-state index contributed by atoms with van der Waals surface area (Å²) in [7, 11) is 0. The highest BCUT2D eigenvalue weighted by Crippen LogP contribution is 2.17. The van der Waals surface area contributed by atoms with E-state index in [1.807, 2.05) is 0 Å². The fourth-order valence-corrected chi connectivity index (χ4v) is 1.80. The molecule has 2 rings (SSSR count). The van der Waals surface area contributed by atoms with Gasteiger partial charge in [0.1, 0.15) is 5.82 Å². The van der Waals surface area contributed by atoms with Crippen LogP contribution in [0.25, 0.3) is 0 Å². The Morgan fingerprint density at radius 3 is 2.65 bits per heavy atom. The SMILES string of the molecule is Cc1ccc(C(C)NC(=O)c2ccncc2F)cc1F. The maximum absolute atomic E-state index is 13.5. The molecule has 1 unspecified atom stereocenters. The molecule has 0 radical (unpaired) electrons. The molecule has 0 saturated heterocycles. The number of aryl methyl sites for hydroxylation is 1. The molecule has 20 heavy (non-hydrogen) atoms. The van der Waals surface area contributed by atoms with Crippen LogP contribution in [0.1, 0.15) is 34.5 Å². The van der Waals surface area contributed by atoms with Crippen molar-refractivity contribution < 1.29 is 13.6 Å². The molecule has 1 aromatic heterocycles. The average Bonchev–Trinajstić information content (AvgIpc) is 2.42. The summed E-state index contributed by atoms with van der Waals surface area (Å²) in [6.45, 7) is 3.37. The number of hydrogen-bond donors (Lipinski definition) is 1. The first kappa shape index (κ1) is 14.1. The van der Waals surface area contributed by atoms with E-state index in [-0.39, 0.29) is 11.4 Å². The van der Waals surface area contributed by atoms with Crippen molar-refractivity contribution in [3.8, 4) is 0 Å². The van der Waals surface area contributed by atoms with Crippen LogP contribution in [0, 0.1) is 18.6 Å². The lowest BCUT2D eigenvalue weighted by Crippen LogP contribution is -2.27. The van der Waals surface area contributed by atoms with Gasteiger partial charge in [-0.25, -0.2) is 8.78 Å². The third-order valence-corrected chi connectivity index (χ3v) is 3.06. The van der Waals surface area contributed by atoms with E-state index in [9.17, 15) is 13.6 Å². The van der Waals surface area contributed by atoms with Crippen LogP contribution in [0.5, 0.6) is 0 Å². The predicted octanol–water partition coefficient (Wildman–Crippen LogP) is 3.16. The van der Waals surface area contributed by atoms with Gasteiger partial charge in [-0.05, 0) is 37.1 Å². The zero-order chi connectivity index (χ0) is 14.7. The normalized spacial score (nSPS) is 12.0. The second kappa shape index (κ2) is 5.77. The minimum absolute atomic E-state index is 0.0839. The van der Waals surface area contributed by atoms with Crippen molar-refractivity contribution in [3.05, 3.63) is 65.0 Å². The van der Waals surface area contributed by atoms with Gasteiger partial charge in [0.25, 0.3) is 5.91 Å². The van der Waals surface area contributed by atoms with Gasteiger partial charge in [0, 0.05) is 6.20 Å². The topological polar surface area (TPSA) is 42.0 Å². The molecule has 104 valence electrons. The summed E-state index contributed by atoms with van der Waals surface area (Å²) in [6.07, 6.45) is 2.32. The number of carbonyl (C=O) groups is 1. The van der Waals surface area contributed by atoms with Crippen molar-refractivity contribution in [1.29, 1.82) is 0 Å². The summed E-state index contributed by atoms with van der Waals surface area (Å²) in [5.41, 5.74) is 1.07. The molecule has 0 saturated carbocycles. The first-order valence-corrected chi connectivity index (χ1v) is 6.15. The Balaban J connectivity index is 2.15. The second-order valence-electron chi connectivity index (χ2n) is 4.56. The van der Waals surface area contributed by atoms with Crippen LogP contribution >= 0.6 is 0 Å². The monoisotopic (exact) mass is 276 g/mol. The molecule has 1 atom stereocenters. The fraction of sp³-hybridized carbons (Fsp3) is 0.200. The molecule has 1 amide bonds. The maximum Gasteiger partial charge on any atom is 0.254 e. The molecule has 1 heterocycles. The Labute approximate surface area is 115 Å². The summed E-state index contributed by atoms with van der Waals surface area (Å²) < 4.78 is 26.9. The van der Waals surface area contributed by atoms with E-state index >= 15 is 0 Å². The smallest absolute Gasteiger partial charge is 0.254 e. The molecule has 1 aromatic carbocycles. The summed E-state index contributed by atoms with van der Waals surface area (Å²) in [5.74, 6) is -1.58. The van der Waals surface area contributed by atoms with Crippen molar-refractivity contribution in [2.45, 2.75) is 19.9 Å². The zero-order valence-corrected chi connectivity index (χ0v) is 11.2. The Morgan fingerprint density at radius 1 is 1.25 bits per heavy atom. The molecular weight excluding hydrogens is 262 g/mol. The summed E-state index contributed by atoms with van der Waals surface area (Å²) in [6, 6.07) is 5.60. The standard InChI is InChI=1S/C15H14F2N2O/c1-9-3-4-11(7-13(9)16)10(2)19-15(20)12-5-6-18-8-14(12)17/h3-8,10H,1-2H3,(H,19,20).